The average Bonchev–Trinajstić information content (AvgIpc) is 3.21. The standard InChI is InChI=1S/C26H27ClN4O3/c1-6-20-21(25(33)31(28-20)19-9-7-18(27)8-10-19)22-23(29-13-16(4)11-17(5)14-29)26(34)30(24(22)32)12-15(2)3/h7-11,13-15H,6,12H2,1-5H3. The van der Waals surface area contributed by atoms with Gasteiger partial charge in [0.25, 0.3) is 11.6 Å². The van der Waals surface area contributed by atoms with Gasteiger partial charge in [-0.2, -0.15) is 9.67 Å². The molecule has 2 aromatic heterocycles. The van der Waals surface area contributed by atoms with Crippen molar-refractivity contribution in [2.24, 2.45) is 5.92 Å². The predicted octanol–water partition coefficient (Wildman–Crippen LogP) is 3.46. The van der Waals surface area contributed by atoms with E-state index in [0.29, 0.717) is 22.8 Å². The summed E-state index contributed by atoms with van der Waals surface area (Å²) in [4.78, 5) is 28.5. The van der Waals surface area contributed by atoms with Gasteiger partial charge >= 0.3 is 5.91 Å². The monoisotopic (exact) mass is 478 g/mol. The largest absolute Gasteiger partial charge is 0.858 e. The van der Waals surface area contributed by atoms with Gasteiger partial charge in [-0.15, -0.1) is 0 Å². The lowest BCUT2D eigenvalue weighted by Crippen LogP contribution is -2.41. The molecule has 0 aliphatic carbocycles. The topological polar surface area (TPSA) is 82.1 Å². The molecule has 2 amide bonds. The molecule has 176 valence electrons. The van der Waals surface area contributed by atoms with Gasteiger partial charge in [0.2, 0.25) is 0 Å². The number of carbonyl (C=O) groups excluding carboxylic acids is 2. The second-order valence-corrected chi connectivity index (χ2v) is 9.44. The van der Waals surface area contributed by atoms with E-state index < -0.39 is 17.7 Å². The van der Waals surface area contributed by atoms with Gasteiger partial charge in [-0.3, -0.25) is 14.5 Å². The number of hydrogen-bond acceptors (Lipinski definition) is 4. The fraction of sp³-hybridized carbons (Fsp3) is 0.308. The van der Waals surface area contributed by atoms with Gasteiger partial charge in [0, 0.05) is 28.3 Å². The van der Waals surface area contributed by atoms with Crippen LogP contribution in [0.4, 0.5) is 0 Å². The van der Waals surface area contributed by atoms with Gasteiger partial charge in [-0.1, -0.05) is 32.4 Å². The Labute approximate surface area is 203 Å². The first-order valence-electron chi connectivity index (χ1n) is 11.3. The number of carbonyl (C=O) groups is 2. The molecule has 1 aliphatic rings. The van der Waals surface area contributed by atoms with Crippen LogP contribution in [0, 0.1) is 19.8 Å². The van der Waals surface area contributed by atoms with Crippen LogP contribution in [-0.4, -0.2) is 33.0 Å². The molecular weight excluding hydrogens is 452 g/mol. The summed E-state index contributed by atoms with van der Waals surface area (Å²) < 4.78 is 2.93. The Morgan fingerprint density at radius 1 is 1.06 bits per heavy atom. The summed E-state index contributed by atoms with van der Waals surface area (Å²) in [6, 6.07) is 8.72. The molecule has 0 bridgehead atoms. The summed E-state index contributed by atoms with van der Waals surface area (Å²) in [6.45, 7) is 9.86. The van der Waals surface area contributed by atoms with E-state index in [-0.39, 0.29) is 29.3 Å². The quantitative estimate of drug-likeness (QED) is 0.401. The maximum Gasteiger partial charge on any atom is 0.326 e. The van der Waals surface area contributed by atoms with Gasteiger partial charge in [-0.25, -0.2) is 4.68 Å². The minimum absolute atomic E-state index is 0.0758. The number of benzene rings is 1. The second kappa shape index (κ2) is 9.06. The molecule has 0 saturated heterocycles. The summed E-state index contributed by atoms with van der Waals surface area (Å²) in [5.74, 6) is -1.25. The van der Waals surface area contributed by atoms with Gasteiger partial charge in [0.1, 0.15) is 5.57 Å². The summed E-state index contributed by atoms with van der Waals surface area (Å²) in [5, 5.41) is 18.7. The van der Waals surface area contributed by atoms with E-state index in [9.17, 15) is 14.7 Å². The van der Waals surface area contributed by atoms with Crippen molar-refractivity contribution >= 4 is 34.7 Å². The van der Waals surface area contributed by atoms with Crippen LogP contribution in [0.15, 0.2) is 42.7 Å². The molecule has 4 rings (SSSR count). The van der Waals surface area contributed by atoms with E-state index in [1.165, 1.54) is 9.58 Å². The third-order valence-electron chi connectivity index (χ3n) is 5.66. The van der Waals surface area contributed by atoms with Crippen molar-refractivity contribution in [1.82, 2.24) is 14.7 Å². The van der Waals surface area contributed by atoms with Crippen LogP contribution in [0.1, 0.15) is 43.2 Å². The van der Waals surface area contributed by atoms with Crippen LogP contribution < -0.4 is 9.67 Å². The molecule has 0 saturated carbocycles. The number of aromatic nitrogens is 3. The second-order valence-electron chi connectivity index (χ2n) is 9.00. The first-order chi connectivity index (χ1) is 16.1. The van der Waals surface area contributed by atoms with Gasteiger partial charge in [-0.05, 0) is 62.4 Å². The fourth-order valence-electron chi connectivity index (χ4n) is 4.30. The number of aryl methyl sites for hydroxylation is 3. The van der Waals surface area contributed by atoms with Crippen LogP contribution in [-0.2, 0) is 16.0 Å². The molecule has 0 atom stereocenters. The first-order valence-corrected chi connectivity index (χ1v) is 11.7. The Morgan fingerprint density at radius 3 is 2.24 bits per heavy atom. The maximum atomic E-state index is 13.7. The lowest BCUT2D eigenvalue weighted by Gasteiger charge is -2.17. The van der Waals surface area contributed by atoms with Crippen molar-refractivity contribution < 1.29 is 19.3 Å². The summed E-state index contributed by atoms with van der Waals surface area (Å²) in [7, 11) is 0. The normalized spacial score (nSPS) is 14.1. The maximum absolute atomic E-state index is 13.7. The van der Waals surface area contributed by atoms with E-state index >= 15 is 0 Å². The molecule has 8 heteroatoms. The van der Waals surface area contributed by atoms with Crippen LogP contribution in [0.5, 0.6) is 5.88 Å². The zero-order valence-electron chi connectivity index (χ0n) is 19.9. The van der Waals surface area contributed by atoms with Crippen LogP contribution >= 0.6 is 11.6 Å². The molecule has 3 heterocycles. The van der Waals surface area contributed by atoms with Crippen LogP contribution in [0.3, 0.4) is 0 Å². The Balaban J connectivity index is 2.00. The van der Waals surface area contributed by atoms with E-state index in [1.807, 2.05) is 40.7 Å². The van der Waals surface area contributed by atoms with Gasteiger partial charge in [0.15, 0.2) is 12.4 Å². The number of hydrogen-bond donors (Lipinski definition) is 0. The van der Waals surface area contributed by atoms with Crippen molar-refractivity contribution in [3.8, 4) is 11.6 Å². The molecule has 0 N–H and O–H groups in total. The number of halogens is 1. The highest BCUT2D eigenvalue weighted by Gasteiger charge is 2.46. The first kappa shape index (κ1) is 23.7. The minimum atomic E-state index is -0.470. The molecule has 34 heavy (non-hydrogen) atoms. The third-order valence-corrected chi connectivity index (χ3v) is 5.91. The van der Waals surface area contributed by atoms with Crippen molar-refractivity contribution in [1.29, 1.82) is 0 Å². The highest BCUT2D eigenvalue weighted by Crippen LogP contribution is 2.37. The molecule has 3 aromatic rings. The van der Waals surface area contributed by atoms with Crippen LogP contribution in [0.2, 0.25) is 5.02 Å². The predicted molar refractivity (Wildman–Crippen MR) is 128 cm³/mol. The highest BCUT2D eigenvalue weighted by atomic mass is 35.5. The molecule has 0 radical (unpaired) electrons. The van der Waals surface area contributed by atoms with Crippen molar-refractivity contribution in [2.45, 2.75) is 41.0 Å². The van der Waals surface area contributed by atoms with E-state index in [1.54, 1.807) is 41.2 Å². The molecule has 0 unspecified atom stereocenters. The summed E-state index contributed by atoms with van der Waals surface area (Å²) >= 11 is 6.01. The molecule has 0 fully saturated rings. The van der Waals surface area contributed by atoms with Crippen molar-refractivity contribution in [3.63, 3.8) is 0 Å². The van der Waals surface area contributed by atoms with E-state index in [0.717, 1.165) is 11.1 Å². The minimum Gasteiger partial charge on any atom is -0.858 e. The number of amides is 2. The summed E-state index contributed by atoms with van der Waals surface area (Å²) in [6.07, 6.45) is 4.02. The molecule has 1 aromatic carbocycles. The van der Waals surface area contributed by atoms with Crippen LogP contribution in [0.25, 0.3) is 17.0 Å². The van der Waals surface area contributed by atoms with Crippen molar-refractivity contribution in [3.05, 3.63) is 70.1 Å². The third kappa shape index (κ3) is 4.12. The van der Waals surface area contributed by atoms with Gasteiger partial charge in [0.05, 0.1) is 11.4 Å². The Kier molecular flexibility index (Phi) is 6.32. The molecule has 0 spiro atoms. The molecule has 1 aliphatic heterocycles. The number of nitrogens with zero attached hydrogens (tertiary/aromatic N) is 4. The number of imide groups is 1. The average molecular weight is 479 g/mol. The Bertz CT molecular complexity index is 1300. The smallest absolute Gasteiger partial charge is 0.326 e. The van der Waals surface area contributed by atoms with Crippen molar-refractivity contribution in [2.75, 3.05) is 6.54 Å². The van der Waals surface area contributed by atoms with Gasteiger partial charge < -0.3 is 5.11 Å². The Morgan fingerprint density at radius 2 is 1.68 bits per heavy atom. The summed E-state index contributed by atoms with van der Waals surface area (Å²) in [5.41, 5.74) is 3.32. The Hall–Kier alpha value is -3.45. The lowest BCUT2D eigenvalue weighted by molar-refractivity contribution is -0.577. The molecular formula is C26H27ClN4O3. The highest BCUT2D eigenvalue weighted by molar-refractivity contribution is 6.45. The lowest BCUT2D eigenvalue weighted by atomic mass is 10.0. The van der Waals surface area contributed by atoms with E-state index in [4.69, 9.17) is 11.6 Å². The SMILES string of the molecule is CCc1nn(-c2ccc(Cl)cc2)c([O-])c1C1=C([n+]2cc(C)cc(C)c2)C(=O)N(CC(C)C)C1=O. The zero-order valence-corrected chi connectivity index (χ0v) is 20.7. The molecule has 7 nitrogen and oxygen atoms in total. The number of pyridine rings is 1. The van der Waals surface area contributed by atoms with E-state index in [2.05, 4.69) is 5.10 Å². The zero-order chi connectivity index (χ0) is 24.7. The fourth-order valence-corrected chi connectivity index (χ4v) is 4.43. The number of rotatable bonds is 6.